The van der Waals surface area contributed by atoms with Gasteiger partial charge in [0, 0.05) is 6.61 Å². The molecule has 20 heavy (non-hydrogen) atoms. The van der Waals surface area contributed by atoms with Crippen molar-refractivity contribution in [2.75, 3.05) is 6.61 Å². The first-order valence-corrected chi connectivity index (χ1v) is 9.02. The monoisotopic (exact) mass is 280 g/mol. The minimum atomic E-state index is 0.000201. The standard InChI is InChI=1S/C18H32O2/c1-13-2-11-18(20-12-13)16-5-3-14(4-6-16)15-7-9-17(19)10-8-15/h13-19H,2-12H2,1H3. The average molecular weight is 280 g/mol. The summed E-state index contributed by atoms with van der Waals surface area (Å²) in [6.45, 7) is 3.30. The first-order chi connectivity index (χ1) is 9.72. The van der Waals surface area contributed by atoms with Crippen LogP contribution in [0.15, 0.2) is 0 Å². The van der Waals surface area contributed by atoms with Crippen molar-refractivity contribution in [1.82, 2.24) is 0 Å². The molecule has 2 heteroatoms. The number of aliphatic hydroxyl groups is 1. The Hall–Kier alpha value is -0.0800. The third kappa shape index (κ3) is 3.57. The van der Waals surface area contributed by atoms with Crippen molar-refractivity contribution in [3.05, 3.63) is 0 Å². The summed E-state index contributed by atoms with van der Waals surface area (Å²) in [5.41, 5.74) is 0. The van der Waals surface area contributed by atoms with Crippen LogP contribution in [0.25, 0.3) is 0 Å². The quantitative estimate of drug-likeness (QED) is 0.823. The molecule has 3 rings (SSSR count). The van der Waals surface area contributed by atoms with Gasteiger partial charge < -0.3 is 9.84 Å². The van der Waals surface area contributed by atoms with Crippen molar-refractivity contribution in [1.29, 1.82) is 0 Å². The van der Waals surface area contributed by atoms with Gasteiger partial charge in [0.15, 0.2) is 0 Å². The fraction of sp³-hybridized carbons (Fsp3) is 1.00. The lowest BCUT2D eigenvalue weighted by Gasteiger charge is -2.40. The number of hydrogen-bond donors (Lipinski definition) is 1. The van der Waals surface area contributed by atoms with Gasteiger partial charge >= 0.3 is 0 Å². The van der Waals surface area contributed by atoms with Crippen LogP contribution < -0.4 is 0 Å². The fourth-order valence-electron chi connectivity index (χ4n) is 4.84. The molecule has 2 aliphatic carbocycles. The molecule has 1 saturated heterocycles. The van der Waals surface area contributed by atoms with E-state index in [2.05, 4.69) is 6.92 Å². The van der Waals surface area contributed by atoms with E-state index in [1.807, 2.05) is 0 Å². The van der Waals surface area contributed by atoms with E-state index in [-0.39, 0.29) is 6.10 Å². The van der Waals surface area contributed by atoms with E-state index in [0.29, 0.717) is 6.10 Å². The van der Waals surface area contributed by atoms with E-state index in [1.54, 1.807) is 0 Å². The molecule has 2 atom stereocenters. The maximum absolute atomic E-state index is 9.64. The van der Waals surface area contributed by atoms with Crippen LogP contribution in [0.2, 0.25) is 0 Å². The van der Waals surface area contributed by atoms with Crippen molar-refractivity contribution in [3.63, 3.8) is 0 Å². The van der Waals surface area contributed by atoms with Crippen molar-refractivity contribution in [2.24, 2.45) is 23.7 Å². The lowest BCUT2D eigenvalue weighted by molar-refractivity contribution is -0.0574. The van der Waals surface area contributed by atoms with Crippen LogP contribution in [-0.4, -0.2) is 23.9 Å². The largest absolute Gasteiger partial charge is 0.393 e. The first kappa shape index (κ1) is 14.8. The maximum Gasteiger partial charge on any atom is 0.0603 e. The predicted octanol–water partition coefficient (Wildman–Crippen LogP) is 4.16. The number of rotatable bonds is 2. The van der Waals surface area contributed by atoms with Gasteiger partial charge in [-0.05, 0) is 87.9 Å². The SMILES string of the molecule is CC1CCC(C2CCC(C3CCC(O)CC3)CC2)OC1. The molecule has 0 amide bonds. The molecule has 2 nitrogen and oxygen atoms in total. The van der Waals surface area contributed by atoms with Crippen molar-refractivity contribution in [2.45, 2.75) is 83.3 Å². The molecule has 0 aromatic rings. The second-order valence-electron chi connectivity index (χ2n) is 7.80. The average Bonchev–Trinajstić information content (AvgIpc) is 2.49. The highest BCUT2D eigenvalue weighted by Gasteiger charge is 2.34. The lowest BCUT2D eigenvalue weighted by Crippen LogP contribution is -2.35. The third-order valence-corrected chi connectivity index (χ3v) is 6.29. The summed E-state index contributed by atoms with van der Waals surface area (Å²) in [7, 11) is 0. The van der Waals surface area contributed by atoms with E-state index in [1.165, 1.54) is 51.4 Å². The number of hydrogen-bond acceptors (Lipinski definition) is 2. The van der Waals surface area contributed by atoms with Crippen LogP contribution in [0.1, 0.15) is 71.1 Å². The molecule has 0 aromatic heterocycles. The Labute approximate surface area is 124 Å². The van der Waals surface area contributed by atoms with Gasteiger partial charge in [0.2, 0.25) is 0 Å². The van der Waals surface area contributed by atoms with E-state index < -0.39 is 0 Å². The van der Waals surface area contributed by atoms with Gasteiger partial charge in [0.25, 0.3) is 0 Å². The maximum atomic E-state index is 9.64. The minimum absolute atomic E-state index is 0.000201. The van der Waals surface area contributed by atoms with Crippen LogP contribution in [0, 0.1) is 23.7 Å². The smallest absolute Gasteiger partial charge is 0.0603 e. The molecule has 1 N–H and O–H groups in total. The molecule has 3 fully saturated rings. The summed E-state index contributed by atoms with van der Waals surface area (Å²) in [6, 6.07) is 0. The van der Waals surface area contributed by atoms with Gasteiger partial charge in [-0.2, -0.15) is 0 Å². The van der Waals surface area contributed by atoms with Crippen LogP contribution >= 0.6 is 0 Å². The molecule has 116 valence electrons. The van der Waals surface area contributed by atoms with Crippen LogP contribution in [0.3, 0.4) is 0 Å². The summed E-state index contributed by atoms with van der Waals surface area (Å²) in [4.78, 5) is 0. The summed E-state index contributed by atoms with van der Waals surface area (Å²) >= 11 is 0. The van der Waals surface area contributed by atoms with Crippen molar-refractivity contribution < 1.29 is 9.84 Å². The van der Waals surface area contributed by atoms with Gasteiger partial charge in [-0.15, -0.1) is 0 Å². The van der Waals surface area contributed by atoms with Gasteiger partial charge in [-0.25, -0.2) is 0 Å². The van der Waals surface area contributed by atoms with Gasteiger partial charge in [0.1, 0.15) is 0 Å². The molecular weight excluding hydrogens is 248 g/mol. The molecule has 0 radical (unpaired) electrons. The Kier molecular flexibility index (Phi) is 5.04. The summed E-state index contributed by atoms with van der Waals surface area (Å²) < 4.78 is 6.09. The second-order valence-corrected chi connectivity index (χ2v) is 7.80. The molecule has 1 heterocycles. The van der Waals surface area contributed by atoms with Gasteiger partial charge in [0.05, 0.1) is 12.2 Å². The van der Waals surface area contributed by atoms with E-state index in [9.17, 15) is 5.11 Å². The summed E-state index contributed by atoms with van der Waals surface area (Å²) in [6.07, 6.45) is 13.5. The molecule has 3 aliphatic rings. The molecule has 1 aliphatic heterocycles. The molecule has 2 unspecified atom stereocenters. The zero-order valence-electron chi connectivity index (χ0n) is 13.1. The third-order valence-electron chi connectivity index (χ3n) is 6.29. The van der Waals surface area contributed by atoms with Crippen molar-refractivity contribution in [3.8, 4) is 0 Å². The predicted molar refractivity (Wildman–Crippen MR) is 81.6 cm³/mol. The normalized spacial score (nSPS) is 47.1. The number of ether oxygens (including phenoxy) is 1. The van der Waals surface area contributed by atoms with Crippen molar-refractivity contribution >= 4 is 0 Å². The molecule has 0 spiro atoms. The molecular formula is C18H32O2. The minimum Gasteiger partial charge on any atom is -0.393 e. The fourth-order valence-corrected chi connectivity index (χ4v) is 4.84. The second kappa shape index (κ2) is 6.79. The zero-order valence-corrected chi connectivity index (χ0v) is 13.1. The van der Waals surface area contributed by atoms with Gasteiger partial charge in [-0.3, -0.25) is 0 Å². The van der Waals surface area contributed by atoms with E-state index >= 15 is 0 Å². The Morgan fingerprint density at radius 3 is 1.80 bits per heavy atom. The Bertz CT molecular complexity index is 250. The van der Waals surface area contributed by atoms with Crippen LogP contribution in [0.5, 0.6) is 0 Å². The zero-order chi connectivity index (χ0) is 13.9. The lowest BCUT2D eigenvalue weighted by atomic mass is 9.69. The molecule has 2 saturated carbocycles. The first-order valence-electron chi connectivity index (χ1n) is 9.02. The highest BCUT2D eigenvalue weighted by atomic mass is 16.5. The topological polar surface area (TPSA) is 29.5 Å². The van der Waals surface area contributed by atoms with E-state index in [4.69, 9.17) is 4.74 Å². The summed E-state index contributed by atoms with van der Waals surface area (Å²) in [5, 5.41) is 9.64. The highest BCUT2D eigenvalue weighted by Crippen LogP contribution is 2.42. The molecule has 0 aromatic carbocycles. The van der Waals surface area contributed by atoms with Crippen LogP contribution in [0.4, 0.5) is 0 Å². The Morgan fingerprint density at radius 1 is 0.700 bits per heavy atom. The Balaban J connectivity index is 1.42. The molecule has 0 bridgehead atoms. The summed E-state index contributed by atoms with van der Waals surface area (Å²) in [5.74, 6) is 3.47. The Morgan fingerprint density at radius 2 is 1.25 bits per heavy atom. The highest BCUT2D eigenvalue weighted by molar-refractivity contribution is 4.85. The number of aliphatic hydroxyl groups excluding tert-OH is 1. The van der Waals surface area contributed by atoms with Crippen LogP contribution in [-0.2, 0) is 4.74 Å². The van der Waals surface area contributed by atoms with Gasteiger partial charge in [-0.1, -0.05) is 6.92 Å². The van der Waals surface area contributed by atoms with E-state index in [0.717, 1.165) is 43.1 Å².